The van der Waals surface area contributed by atoms with Crippen molar-refractivity contribution in [2.75, 3.05) is 6.61 Å². The number of ether oxygens (including phenoxy) is 1. The molecule has 0 spiro atoms. The monoisotopic (exact) mass is 204 g/mol. The van der Waals surface area contributed by atoms with Crippen molar-refractivity contribution in [2.24, 2.45) is 0 Å². The van der Waals surface area contributed by atoms with Crippen LogP contribution >= 0.6 is 0 Å². The highest BCUT2D eigenvalue weighted by Crippen LogP contribution is 2.29. The minimum absolute atomic E-state index is 0.0117. The summed E-state index contributed by atoms with van der Waals surface area (Å²) >= 11 is 0. The molecule has 15 heavy (non-hydrogen) atoms. The lowest BCUT2D eigenvalue weighted by molar-refractivity contribution is -0.122. The summed E-state index contributed by atoms with van der Waals surface area (Å²) in [5, 5.41) is 0. The van der Waals surface area contributed by atoms with E-state index >= 15 is 0 Å². The van der Waals surface area contributed by atoms with E-state index in [2.05, 4.69) is 12.1 Å². The second-order valence-corrected chi connectivity index (χ2v) is 3.90. The Labute approximate surface area is 90.3 Å². The molecule has 2 heteroatoms. The summed E-state index contributed by atoms with van der Waals surface area (Å²) in [6.45, 7) is 2.63. The topological polar surface area (TPSA) is 26.3 Å². The number of Topliss-reactive ketones (excluding diaryl/α,β-unsaturated/α-hetero) is 1. The molecule has 1 aliphatic heterocycles. The molecule has 0 bridgehead atoms. The fourth-order valence-corrected chi connectivity index (χ4v) is 2.00. The summed E-state index contributed by atoms with van der Waals surface area (Å²) in [5.41, 5.74) is 2.53. The zero-order valence-electron chi connectivity index (χ0n) is 9.03. The largest absolute Gasteiger partial charge is 0.373 e. The molecule has 0 amide bonds. The van der Waals surface area contributed by atoms with Crippen molar-refractivity contribution in [3.05, 3.63) is 35.4 Å². The zero-order chi connectivity index (χ0) is 10.7. The summed E-state index contributed by atoms with van der Waals surface area (Å²) in [6, 6.07) is 8.25. The molecule has 0 radical (unpaired) electrons. The van der Waals surface area contributed by atoms with Gasteiger partial charge in [0.05, 0.1) is 12.7 Å². The number of hydrogen-bond acceptors (Lipinski definition) is 2. The van der Waals surface area contributed by atoms with Gasteiger partial charge in [-0.1, -0.05) is 31.2 Å². The molecule has 2 nitrogen and oxygen atoms in total. The second kappa shape index (κ2) is 4.58. The molecule has 0 aliphatic carbocycles. The summed E-state index contributed by atoms with van der Waals surface area (Å²) < 4.78 is 5.66. The van der Waals surface area contributed by atoms with Gasteiger partial charge in [0.15, 0.2) is 0 Å². The predicted octanol–water partition coefficient (Wildman–Crippen LogP) is 2.67. The van der Waals surface area contributed by atoms with E-state index in [0.29, 0.717) is 12.8 Å². The lowest BCUT2D eigenvalue weighted by Gasteiger charge is -2.25. The van der Waals surface area contributed by atoms with Crippen LogP contribution in [-0.2, 0) is 16.0 Å². The van der Waals surface area contributed by atoms with Gasteiger partial charge in [0, 0.05) is 12.8 Å². The lowest BCUT2D eigenvalue weighted by atomic mass is 9.94. The summed E-state index contributed by atoms with van der Waals surface area (Å²) in [7, 11) is 0. The Morgan fingerprint density at radius 3 is 3.07 bits per heavy atom. The van der Waals surface area contributed by atoms with Gasteiger partial charge < -0.3 is 4.74 Å². The van der Waals surface area contributed by atoms with Crippen LogP contribution in [0.3, 0.4) is 0 Å². The maximum atomic E-state index is 11.4. The highest BCUT2D eigenvalue weighted by atomic mass is 16.5. The maximum absolute atomic E-state index is 11.4. The quantitative estimate of drug-likeness (QED) is 0.756. The minimum Gasteiger partial charge on any atom is -0.373 e. The van der Waals surface area contributed by atoms with E-state index < -0.39 is 0 Å². The number of hydrogen-bond donors (Lipinski definition) is 0. The van der Waals surface area contributed by atoms with Gasteiger partial charge in [0.2, 0.25) is 0 Å². The van der Waals surface area contributed by atoms with Gasteiger partial charge in [-0.3, -0.25) is 4.79 Å². The standard InChI is InChI=1S/C13H16O2/c1-2-11(14)9-13-12-6-4-3-5-10(12)7-8-15-13/h3-6,13H,2,7-9H2,1H3. The fraction of sp³-hybridized carbons (Fsp3) is 0.462. The van der Waals surface area contributed by atoms with Crippen LogP contribution in [0.25, 0.3) is 0 Å². The van der Waals surface area contributed by atoms with Crippen molar-refractivity contribution in [3.8, 4) is 0 Å². The van der Waals surface area contributed by atoms with Crippen LogP contribution in [0.2, 0.25) is 0 Å². The predicted molar refractivity (Wildman–Crippen MR) is 58.8 cm³/mol. The second-order valence-electron chi connectivity index (χ2n) is 3.90. The molecular formula is C13H16O2. The number of carbonyl (C=O) groups is 1. The van der Waals surface area contributed by atoms with Crippen molar-refractivity contribution < 1.29 is 9.53 Å². The number of carbonyl (C=O) groups excluding carboxylic acids is 1. The maximum Gasteiger partial charge on any atom is 0.135 e. The average Bonchev–Trinajstić information content (AvgIpc) is 2.29. The van der Waals surface area contributed by atoms with Gasteiger partial charge in [-0.2, -0.15) is 0 Å². The Balaban J connectivity index is 2.18. The first-order valence-electron chi connectivity index (χ1n) is 5.52. The zero-order valence-corrected chi connectivity index (χ0v) is 9.03. The molecule has 1 aliphatic rings. The third-order valence-electron chi connectivity index (χ3n) is 2.90. The average molecular weight is 204 g/mol. The molecule has 0 aromatic heterocycles. The molecular weight excluding hydrogens is 188 g/mol. The van der Waals surface area contributed by atoms with Crippen molar-refractivity contribution >= 4 is 5.78 Å². The summed E-state index contributed by atoms with van der Waals surface area (Å²) in [5.74, 6) is 0.275. The molecule has 80 valence electrons. The van der Waals surface area contributed by atoms with Crippen LogP contribution in [-0.4, -0.2) is 12.4 Å². The van der Waals surface area contributed by atoms with E-state index in [9.17, 15) is 4.79 Å². The molecule has 2 rings (SSSR count). The Morgan fingerprint density at radius 1 is 1.47 bits per heavy atom. The first kappa shape index (κ1) is 10.4. The van der Waals surface area contributed by atoms with E-state index in [1.807, 2.05) is 19.1 Å². The highest BCUT2D eigenvalue weighted by molar-refractivity contribution is 5.78. The van der Waals surface area contributed by atoms with Gasteiger partial charge >= 0.3 is 0 Å². The normalized spacial score (nSPS) is 19.7. The van der Waals surface area contributed by atoms with Crippen LogP contribution < -0.4 is 0 Å². The lowest BCUT2D eigenvalue weighted by Crippen LogP contribution is -2.18. The van der Waals surface area contributed by atoms with Gasteiger partial charge in [0.1, 0.15) is 5.78 Å². The molecule has 0 fully saturated rings. The SMILES string of the molecule is CCC(=O)CC1OCCc2ccccc21. The Kier molecular flexibility index (Phi) is 3.17. The Hall–Kier alpha value is -1.15. The van der Waals surface area contributed by atoms with Crippen LogP contribution in [0.15, 0.2) is 24.3 Å². The van der Waals surface area contributed by atoms with Crippen LogP contribution in [0.1, 0.15) is 37.0 Å². The van der Waals surface area contributed by atoms with Crippen molar-refractivity contribution in [1.82, 2.24) is 0 Å². The molecule has 1 atom stereocenters. The van der Waals surface area contributed by atoms with E-state index in [0.717, 1.165) is 13.0 Å². The summed E-state index contributed by atoms with van der Waals surface area (Å²) in [6.07, 6.45) is 2.07. The van der Waals surface area contributed by atoms with Crippen LogP contribution in [0.5, 0.6) is 0 Å². The number of rotatable bonds is 3. The van der Waals surface area contributed by atoms with Gasteiger partial charge in [0.25, 0.3) is 0 Å². The number of fused-ring (bicyclic) bond motifs is 1. The van der Waals surface area contributed by atoms with Crippen molar-refractivity contribution in [1.29, 1.82) is 0 Å². The van der Waals surface area contributed by atoms with Crippen molar-refractivity contribution in [3.63, 3.8) is 0 Å². The minimum atomic E-state index is -0.0117. The smallest absolute Gasteiger partial charge is 0.135 e. The Bertz CT molecular complexity index is 357. The van der Waals surface area contributed by atoms with Gasteiger partial charge in [-0.25, -0.2) is 0 Å². The fourth-order valence-electron chi connectivity index (χ4n) is 2.00. The molecule has 0 N–H and O–H groups in total. The molecule has 0 saturated carbocycles. The molecule has 1 heterocycles. The first-order chi connectivity index (χ1) is 7.31. The van der Waals surface area contributed by atoms with Crippen LogP contribution in [0, 0.1) is 0 Å². The number of ketones is 1. The van der Waals surface area contributed by atoms with Gasteiger partial charge in [-0.05, 0) is 17.5 Å². The first-order valence-corrected chi connectivity index (χ1v) is 5.52. The van der Waals surface area contributed by atoms with E-state index in [-0.39, 0.29) is 11.9 Å². The van der Waals surface area contributed by atoms with Crippen LogP contribution in [0.4, 0.5) is 0 Å². The summed E-state index contributed by atoms with van der Waals surface area (Å²) in [4.78, 5) is 11.4. The highest BCUT2D eigenvalue weighted by Gasteiger charge is 2.21. The van der Waals surface area contributed by atoms with E-state index in [4.69, 9.17) is 4.74 Å². The molecule has 0 saturated heterocycles. The van der Waals surface area contributed by atoms with E-state index in [1.54, 1.807) is 0 Å². The molecule has 1 aromatic carbocycles. The number of benzene rings is 1. The van der Waals surface area contributed by atoms with E-state index in [1.165, 1.54) is 11.1 Å². The van der Waals surface area contributed by atoms with Gasteiger partial charge in [-0.15, -0.1) is 0 Å². The third-order valence-corrected chi connectivity index (χ3v) is 2.90. The Morgan fingerprint density at radius 2 is 2.27 bits per heavy atom. The molecule has 1 aromatic rings. The molecule has 1 unspecified atom stereocenters. The van der Waals surface area contributed by atoms with Crippen molar-refractivity contribution in [2.45, 2.75) is 32.3 Å². The third kappa shape index (κ3) is 2.26.